The number of phosphoric ester groups is 2. The van der Waals surface area contributed by atoms with Gasteiger partial charge in [-0.1, -0.05) is 37.1 Å². The first-order valence-electron chi connectivity index (χ1n) is 33.9. The van der Waals surface area contributed by atoms with E-state index in [4.69, 9.17) is 47.2 Å². The van der Waals surface area contributed by atoms with Crippen molar-refractivity contribution in [2.24, 2.45) is 0 Å². The van der Waals surface area contributed by atoms with E-state index in [2.05, 4.69) is 46.5 Å². The van der Waals surface area contributed by atoms with E-state index in [1.54, 1.807) is 94.4 Å². The molecule has 2 saturated heterocycles. The number of anilines is 2. The Hall–Kier alpha value is -9.77. The minimum Gasteiger partial charge on any atom is -0.508 e. The molecule has 6 aromatic rings. The van der Waals surface area contributed by atoms with Crippen LogP contribution < -0.4 is 53.1 Å². The van der Waals surface area contributed by atoms with Gasteiger partial charge < -0.3 is 80.6 Å². The number of nitrogens with zero attached hydrogens (tertiary/aromatic N) is 7. The largest absolute Gasteiger partial charge is 0.508 e. The van der Waals surface area contributed by atoms with E-state index in [0.29, 0.717) is 81.9 Å². The second-order valence-electron chi connectivity index (χ2n) is 26.4. The number of alkyl carbamates (subject to hydrolysis) is 1. The number of nitrogens with one attached hydrogen (secondary N) is 5. The lowest BCUT2D eigenvalue weighted by atomic mass is 9.92. The molecule has 0 radical (unpaired) electrons. The average molecular weight is 1510 g/mol. The number of aromatic nitrogens is 6. The number of carbonyl (C=O) groups is 5. The van der Waals surface area contributed by atoms with Crippen LogP contribution >= 0.6 is 15.6 Å². The fourth-order valence-electron chi connectivity index (χ4n) is 12.1. The number of hydrogen-bond donors (Lipinski definition) is 10. The number of methoxy groups -OCH3 is 1. The highest BCUT2D eigenvalue weighted by atomic mass is 31.2. The first-order valence-corrected chi connectivity index (χ1v) is 36.9. The lowest BCUT2D eigenvalue weighted by molar-refractivity contribution is -0.131. The molecule has 0 bridgehead atoms. The van der Waals surface area contributed by atoms with Crippen LogP contribution in [0.25, 0.3) is 44.6 Å². The lowest BCUT2D eigenvalue weighted by Crippen LogP contribution is -2.58. The summed E-state index contributed by atoms with van der Waals surface area (Å²) in [5.74, 6) is -1.39. The number of fused-ring (bicyclic) bond motifs is 3. The molecule has 3 aromatic heterocycles. The lowest BCUT2D eigenvalue weighted by Gasteiger charge is -2.28. The Labute approximate surface area is 607 Å². The summed E-state index contributed by atoms with van der Waals surface area (Å²) in [6.45, 7) is 4.64. The summed E-state index contributed by atoms with van der Waals surface area (Å²) in [5, 5.41) is 36.8. The number of ether oxygens (including phenoxy) is 4. The average Bonchev–Trinajstić information content (AvgIpc) is 1.75. The number of phenols is 1. The van der Waals surface area contributed by atoms with Crippen LogP contribution in [-0.4, -0.2) is 181 Å². The molecule has 11 N–H and O–H groups in total. The third-order valence-corrected chi connectivity index (χ3v) is 19.1. The molecule has 0 spiro atoms. The molecular weight excluding hydrogens is 1420 g/mol. The van der Waals surface area contributed by atoms with Gasteiger partial charge in [0.15, 0.2) is 28.6 Å². The number of amides is 5. The minimum absolute atomic E-state index is 0.0244. The number of unbranched alkanes of at least 4 members (excludes halogenated alkanes) is 3. The predicted molar refractivity (Wildman–Crippen MR) is 382 cm³/mol. The van der Waals surface area contributed by atoms with Crippen molar-refractivity contribution in [3.8, 4) is 33.9 Å². The van der Waals surface area contributed by atoms with Gasteiger partial charge >= 0.3 is 27.4 Å². The molecule has 568 valence electrons. The van der Waals surface area contributed by atoms with Crippen LogP contribution in [0.4, 0.5) is 16.4 Å². The van der Waals surface area contributed by atoms with Crippen molar-refractivity contribution in [3.05, 3.63) is 142 Å². The molecule has 0 saturated carbocycles. The maximum atomic E-state index is 15.0. The molecular formula is C69H85N13O22P2. The van der Waals surface area contributed by atoms with Gasteiger partial charge in [0.1, 0.15) is 83.3 Å². The maximum absolute atomic E-state index is 15.0. The number of imidazole rings is 1. The second-order valence-corrected chi connectivity index (χ2v) is 29.3. The Morgan fingerprint density at radius 2 is 1.55 bits per heavy atom. The molecule has 2 fully saturated rings. The fourth-order valence-corrected chi connectivity index (χ4v) is 13.8. The summed E-state index contributed by atoms with van der Waals surface area (Å²) in [5.41, 5.74) is 7.36. The number of aliphatic hydroxyl groups is 1. The van der Waals surface area contributed by atoms with Crippen LogP contribution in [0.2, 0.25) is 0 Å². The van der Waals surface area contributed by atoms with Crippen molar-refractivity contribution in [3.63, 3.8) is 0 Å². The van der Waals surface area contributed by atoms with Gasteiger partial charge in [-0.25, -0.2) is 33.7 Å². The molecule has 6 heterocycles. The van der Waals surface area contributed by atoms with Gasteiger partial charge in [-0.2, -0.15) is 4.98 Å². The molecule has 35 nitrogen and oxygen atoms in total. The van der Waals surface area contributed by atoms with Crippen molar-refractivity contribution < 1.29 is 94.6 Å². The zero-order valence-corrected chi connectivity index (χ0v) is 60.8. The molecule has 3 aliphatic heterocycles. The number of hydrogen-bond acceptors (Lipinski definition) is 26. The predicted octanol–water partition coefficient (Wildman–Crippen LogP) is 5.52. The number of nitrogen functional groups attached to an aromatic ring is 1. The van der Waals surface area contributed by atoms with Gasteiger partial charge in [0, 0.05) is 87.4 Å². The molecule has 106 heavy (non-hydrogen) atoms. The number of aromatic hydroxyl groups is 1. The van der Waals surface area contributed by atoms with Crippen LogP contribution in [0.5, 0.6) is 11.5 Å². The number of benzene rings is 4. The Morgan fingerprint density at radius 1 is 0.802 bits per heavy atom. The smallest absolute Gasteiger partial charge is 0.472 e. The van der Waals surface area contributed by atoms with Crippen molar-refractivity contribution in [2.45, 2.75) is 140 Å². The first kappa shape index (κ1) is 78.8. The Bertz CT molecular complexity index is 4650. The van der Waals surface area contributed by atoms with Crippen LogP contribution in [0.3, 0.4) is 0 Å². The van der Waals surface area contributed by atoms with Crippen molar-refractivity contribution in [2.75, 3.05) is 64.7 Å². The zero-order valence-electron chi connectivity index (χ0n) is 59.0. The third kappa shape index (κ3) is 20.6. The number of phosphoric acid groups is 2. The second kappa shape index (κ2) is 34.6. The van der Waals surface area contributed by atoms with E-state index in [9.17, 15) is 62.7 Å². The van der Waals surface area contributed by atoms with Crippen molar-refractivity contribution >= 4 is 79.1 Å². The minimum atomic E-state index is -5.40. The highest BCUT2D eigenvalue weighted by molar-refractivity contribution is 7.47. The van der Waals surface area contributed by atoms with Crippen LogP contribution in [-0.2, 0) is 62.2 Å². The van der Waals surface area contributed by atoms with Crippen molar-refractivity contribution in [1.29, 1.82) is 0 Å². The summed E-state index contributed by atoms with van der Waals surface area (Å²) in [7, 11) is -5.39. The summed E-state index contributed by atoms with van der Waals surface area (Å²) in [6, 6.07) is 19.5. The number of aliphatic hydroxyl groups excluding tert-OH is 1. The van der Waals surface area contributed by atoms with Gasteiger partial charge in [0.2, 0.25) is 17.7 Å². The SMILES string of the molecule is COc1ccc(C[C@H](NC(=O)[C@@H](CCCNC(C)=O)NC(=O)OC(C)(C)C)C(=O)NC2[C@@H](COP(=O)(O)OC3C[C@H](n4ccc(N)nc4=O)O[C@@H]3COP(=O)(O)OCCCCCCNC(=O)c3cccc(-c4c5ccc(=O)cc-5oc5cc(O)ccc45)c3)O[C@@H](n3cnc4c(N(C)C)ncnc43)[C@H]2O)cc1. The van der Waals surface area contributed by atoms with Gasteiger partial charge in [0.05, 0.1) is 39.3 Å². The van der Waals surface area contributed by atoms with Crippen LogP contribution in [0.1, 0.15) is 101 Å². The van der Waals surface area contributed by atoms with Gasteiger partial charge in [-0.3, -0.25) is 51.2 Å². The molecule has 10 rings (SSSR count). The van der Waals surface area contributed by atoms with Crippen molar-refractivity contribution in [1.82, 2.24) is 55.7 Å². The van der Waals surface area contributed by atoms with E-state index in [-0.39, 0.29) is 85.2 Å². The molecule has 5 amide bonds. The van der Waals surface area contributed by atoms with E-state index < -0.39 is 113 Å². The monoisotopic (exact) mass is 1510 g/mol. The summed E-state index contributed by atoms with van der Waals surface area (Å²) in [4.78, 5) is 134. The summed E-state index contributed by atoms with van der Waals surface area (Å²) >= 11 is 0. The topological polar surface area (TPSA) is 472 Å². The highest BCUT2D eigenvalue weighted by Gasteiger charge is 2.49. The Kier molecular flexibility index (Phi) is 25.8. The van der Waals surface area contributed by atoms with Gasteiger partial charge in [-0.15, -0.1) is 0 Å². The fraction of sp³-hybridized carbons (Fsp3) is 0.435. The highest BCUT2D eigenvalue weighted by Crippen LogP contribution is 2.51. The third-order valence-electron chi connectivity index (χ3n) is 17.1. The van der Waals surface area contributed by atoms with Gasteiger partial charge in [0.25, 0.3) is 5.91 Å². The number of phenolic OH excluding ortho intramolecular Hbond substituents is 1. The van der Waals surface area contributed by atoms with Gasteiger partial charge in [-0.05, 0) is 112 Å². The number of carbonyl (C=O) groups excluding carboxylic acids is 5. The van der Waals surface area contributed by atoms with E-state index in [1.807, 2.05) is 6.07 Å². The van der Waals surface area contributed by atoms with E-state index in [0.717, 1.165) is 4.57 Å². The molecule has 3 aromatic carbocycles. The molecule has 37 heteroatoms. The van der Waals surface area contributed by atoms with E-state index >= 15 is 0 Å². The van der Waals surface area contributed by atoms with Crippen LogP contribution in [0, 0.1) is 0 Å². The normalized spacial score (nSPS) is 19.7. The Morgan fingerprint density at radius 3 is 2.28 bits per heavy atom. The maximum Gasteiger partial charge on any atom is 0.472 e. The Balaban J connectivity index is 0.793. The molecule has 4 unspecified atom stereocenters. The quantitative estimate of drug-likeness (QED) is 0.0137. The molecule has 4 aliphatic rings. The standard InChI is InChI=1S/C69H85N13O22P2/c1-39(83)71-27-13-16-48(77-68(91)103-69(2,3)4)64(88)76-49(30-40-17-21-45(96-7)22-18-40)65(89)79-58-54(102-66(60(58)86)82-38-75-59-61(80(5)6)73-37-74-62(59)82)36-99-106(94,95)104-52-34-56(81-28-25-55(70)78-67(81)90)101-53(52)35-98-105(92,93)97-29-11-9-8-10-26-72-63(87)42-15-12-14-41(31-42)57-46-23-19-43(84)32-50(46)100-51-33-44(85)20-24-47(51)57/h12,14-15,17-25,28,31-33,37-38,48-49,52-54,56,58,60,66,84,86H,8-11,13,16,26-27,29-30,34-36H2,1-7H3,(H,71,83)(H,72,87)(H,76,88)(H,77,91)(H,79,89)(H,92,93)(H,94,95)(H2,70,78,90)/t48-,49+,52?,53-,54-,56-,58?,60+,66-/m1/s1. The van der Waals surface area contributed by atoms with E-state index in [1.165, 1.54) is 67.8 Å². The molecule has 1 aliphatic carbocycles. The summed E-state index contributed by atoms with van der Waals surface area (Å²) in [6.07, 6.45) is -4.74. The van der Waals surface area contributed by atoms with Crippen LogP contribution in [0.15, 0.2) is 124 Å². The first-order chi connectivity index (χ1) is 50.4. The summed E-state index contributed by atoms with van der Waals surface area (Å²) < 4.78 is 81.4. The zero-order chi connectivity index (χ0) is 76.2. The number of rotatable bonds is 33. The number of nitrogens with two attached hydrogens (primary N) is 1. The molecule has 11 atom stereocenters.